The summed E-state index contributed by atoms with van der Waals surface area (Å²) in [5.74, 6) is 0. The summed E-state index contributed by atoms with van der Waals surface area (Å²) in [6.45, 7) is 0. The Morgan fingerprint density at radius 3 is 0.917 bits per heavy atom. The minimum Gasteiger partial charge on any atom is -0.822 e. The molecular formula is H2MgO8P2Zn. The SMILES string of the molecule is O=P([O-])(O)O.O=P([O-])([O-])[O-].[Mg+2].[Zn+2]. The van der Waals surface area contributed by atoms with Gasteiger partial charge in [0.05, 0.1) is 0 Å². The van der Waals surface area contributed by atoms with E-state index in [1.54, 1.807) is 0 Å². The molecule has 0 amide bonds. The minimum atomic E-state index is -5.39. The quantitative estimate of drug-likeness (QED) is 0.329. The molecule has 0 aliphatic carbocycles. The van der Waals surface area contributed by atoms with Gasteiger partial charge in [-0.05, 0) is 0 Å². The molecule has 64 valence electrons. The van der Waals surface area contributed by atoms with Gasteiger partial charge in [-0.3, -0.25) is 4.57 Å². The van der Waals surface area contributed by atoms with Crippen LogP contribution in [0.15, 0.2) is 0 Å². The maximum atomic E-state index is 8.77. The molecular weight excluding hydrogens is 280 g/mol. The van der Waals surface area contributed by atoms with Crippen LogP contribution in [-0.4, -0.2) is 32.8 Å². The zero-order chi connectivity index (χ0) is 9.00. The number of hydrogen-bond acceptors (Lipinski definition) is 6. The Hall–Kier alpha value is 1.61. The third kappa shape index (κ3) is 504. The molecule has 0 fully saturated rings. The van der Waals surface area contributed by atoms with Gasteiger partial charge in [-0.2, -0.15) is 7.82 Å². The summed E-state index contributed by atoms with van der Waals surface area (Å²) in [4.78, 5) is 48.6. The van der Waals surface area contributed by atoms with Crippen molar-refractivity contribution >= 4 is 38.7 Å². The molecule has 0 aliphatic rings. The van der Waals surface area contributed by atoms with Crippen LogP contribution in [0.5, 0.6) is 0 Å². The molecule has 0 spiro atoms. The van der Waals surface area contributed by atoms with E-state index in [0.29, 0.717) is 0 Å². The topological polar surface area (TPSA) is 167 Å². The van der Waals surface area contributed by atoms with Crippen LogP contribution in [0.1, 0.15) is 0 Å². The zero-order valence-electron chi connectivity index (χ0n) is 5.65. The van der Waals surface area contributed by atoms with Crippen molar-refractivity contribution in [2.75, 3.05) is 0 Å². The molecule has 0 unspecified atom stereocenters. The first kappa shape index (κ1) is 23.4. The molecule has 0 saturated heterocycles. The molecule has 0 heterocycles. The molecule has 8 nitrogen and oxygen atoms in total. The van der Waals surface area contributed by atoms with E-state index in [1.807, 2.05) is 0 Å². The van der Waals surface area contributed by atoms with Gasteiger partial charge in [-0.25, -0.2) is 0 Å². The Morgan fingerprint density at radius 1 is 0.917 bits per heavy atom. The van der Waals surface area contributed by atoms with Gasteiger partial charge in [0.25, 0.3) is 7.82 Å². The van der Waals surface area contributed by atoms with E-state index in [0.717, 1.165) is 0 Å². The van der Waals surface area contributed by atoms with E-state index in [9.17, 15) is 0 Å². The molecule has 0 atom stereocenters. The molecule has 0 rings (SSSR count). The predicted octanol–water partition coefficient (Wildman–Crippen LogP) is -4.77. The molecule has 0 aromatic rings. The van der Waals surface area contributed by atoms with Crippen LogP contribution in [0.3, 0.4) is 0 Å². The predicted molar refractivity (Wildman–Crippen MR) is 25.4 cm³/mol. The molecule has 0 aromatic heterocycles. The van der Waals surface area contributed by atoms with Crippen molar-refractivity contribution in [3.8, 4) is 0 Å². The Balaban J connectivity index is -0.0000000457. The van der Waals surface area contributed by atoms with Gasteiger partial charge in [-0.15, -0.1) is 0 Å². The van der Waals surface area contributed by atoms with Crippen LogP contribution in [0.25, 0.3) is 0 Å². The van der Waals surface area contributed by atoms with E-state index in [-0.39, 0.29) is 42.5 Å². The van der Waals surface area contributed by atoms with E-state index >= 15 is 0 Å². The molecule has 0 aliphatic heterocycles. The van der Waals surface area contributed by atoms with E-state index < -0.39 is 15.6 Å². The first-order valence-corrected chi connectivity index (χ1v) is 4.49. The van der Waals surface area contributed by atoms with Crippen molar-refractivity contribution in [3.63, 3.8) is 0 Å². The second-order valence-corrected chi connectivity index (χ2v) is 2.81. The third-order valence-electron chi connectivity index (χ3n) is 0. The van der Waals surface area contributed by atoms with Crippen molar-refractivity contribution < 1.29 is 58.0 Å². The standard InChI is InChI=1S/Mg.2H3O4P.Zn/c;2*1-5(2,3)4;/h;2*(H3,1,2,3,4);/q+2;;;+2/p-4. The second-order valence-electron chi connectivity index (χ2n) is 0.938. The summed E-state index contributed by atoms with van der Waals surface area (Å²) in [5.41, 5.74) is 0. The van der Waals surface area contributed by atoms with E-state index in [1.165, 1.54) is 0 Å². The summed E-state index contributed by atoms with van der Waals surface area (Å²) in [7, 11) is -10.3. The van der Waals surface area contributed by atoms with Crippen molar-refractivity contribution in [1.82, 2.24) is 0 Å². The largest absolute Gasteiger partial charge is 2.00 e. The number of rotatable bonds is 0. The summed E-state index contributed by atoms with van der Waals surface area (Å²) in [5, 5.41) is 0. The smallest absolute Gasteiger partial charge is 0.822 e. The molecule has 0 bridgehead atoms. The van der Waals surface area contributed by atoms with Gasteiger partial charge in [0.2, 0.25) is 0 Å². The molecule has 2 N–H and O–H groups in total. The molecule has 0 radical (unpaired) electrons. The fraction of sp³-hybridized carbons (Fsp3) is 0. The van der Waals surface area contributed by atoms with Gasteiger partial charge >= 0.3 is 42.5 Å². The van der Waals surface area contributed by atoms with E-state index in [2.05, 4.69) is 0 Å². The van der Waals surface area contributed by atoms with Crippen LogP contribution in [-0.2, 0) is 28.6 Å². The minimum absolute atomic E-state index is 0. The zero-order valence-corrected chi connectivity index (χ0v) is 11.8. The second kappa shape index (κ2) is 9.18. The molecule has 12 heteroatoms. The van der Waals surface area contributed by atoms with Gasteiger partial charge in [0, 0.05) is 0 Å². The van der Waals surface area contributed by atoms with Crippen molar-refractivity contribution in [3.05, 3.63) is 0 Å². The Kier molecular flexibility index (Phi) is 17.9. The van der Waals surface area contributed by atoms with Crippen LogP contribution in [0.4, 0.5) is 0 Å². The van der Waals surface area contributed by atoms with Crippen LogP contribution >= 0.6 is 15.6 Å². The average Bonchev–Trinajstić information content (AvgIpc) is 1.12. The first-order chi connectivity index (χ1) is 4.00. The maximum absolute atomic E-state index is 8.77. The van der Waals surface area contributed by atoms with Crippen molar-refractivity contribution in [2.24, 2.45) is 0 Å². The summed E-state index contributed by atoms with van der Waals surface area (Å²) < 4.78 is 17.3. The number of phosphoric acid groups is 2. The first-order valence-electron chi connectivity index (χ1n) is 1.50. The fourth-order valence-corrected chi connectivity index (χ4v) is 0. The van der Waals surface area contributed by atoms with Crippen molar-refractivity contribution in [2.45, 2.75) is 0 Å². The maximum Gasteiger partial charge on any atom is 2.00 e. The fourth-order valence-electron chi connectivity index (χ4n) is 0. The number of hydrogen-bond donors (Lipinski definition) is 2. The summed E-state index contributed by atoms with van der Waals surface area (Å²) in [6, 6.07) is 0. The summed E-state index contributed by atoms with van der Waals surface area (Å²) >= 11 is 0. The third-order valence-corrected chi connectivity index (χ3v) is 0. The van der Waals surface area contributed by atoms with Gasteiger partial charge in [-0.1, -0.05) is 0 Å². The Bertz CT molecular complexity index is 129. The normalized spacial score (nSPS) is 9.83. The van der Waals surface area contributed by atoms with Crippen LogP contribution < -0.4 is 19.6 Å². The molecule has 12 heavy (non-hydrogen) atoms. The van der Waals surface area contributed by atoms with Crippen LogP contribution in [0, 0.1) is 0 Å². The van der Waals surface area contributed by atoms with Gasteiger partial charge in [0.15, 0.2) is 0 Å². The summed E-state index contributed by atoms with van der Waals surface area (Å²) in [6.07, 6.45) is 0. The van der Waals surface area contributed by atoms with Crippen LogP contribution in [0.2, 0.25) is 0 Å². The van der Waals surface area contributed by atoms with Gasteiger partial charge in [0.1, 0.15) is 0 Å². The van der Waals surface area contributed by atoms with Gasteiger partial charge < -0.3 is 33.9 Å². The Morgan fingerprint density at radius 2 is 0.917 bits per heavy atom. The Labute approximate surface area is 96.4 Å². The molecule has 0 aromatic carbocycles. The van der Waals surface area contributed by atoms with Crippen molar-refractivity contribution in [1.29, 1.82) is 0 Å². The average molecular weight is 282 g/mol. The molecule has 0 saturated carbocycles. The van der Waals surface area contributed by atoms with E-state index in [4.69, 9.17) is 38.5 Å². The monoisotopic (exact) mass is 280 g/mol.